The minimum Gasteiger partial charge on any atom is -0.487 e. The fourth-order valence-corrected chi connectivity index (χ4v) is 2.01. The number of carbonyl (C=O) groups excluding carboxylic acids is 1. The fraction of sp³-hybridized carbons (Fsp3) is 0.500. The summed E-state index contributed by atoms with van der Waals surface area (Å²) in [5.41, 5.74) is -0.516. The third-order valence-electron chi connectivity index (χ3n) is 1.45. The third kappa shape index (κ3) is 3.39. The molecule has 0 aromatic carbocycles. The summed E-state index contributed by atoms with van der Waals surface area (Å²) in [5.74, 6) is -0.416. The van der Waals surface area contributed by atoms with Crippen LogP contribution in [0.4, 0.5) is 0 Å². The lowest BCUT2D eigenvalue weighted by atomic mass is 10.2. The molecule has 0 radical (unpaired) electrons. The molecule has 5 heteroatoms. The van der Waals surface area contributed by atoms with Gasteiger partial charge in [0.05, 0.1) is 12.1 Å². The van der Waals surface area contributed by atoms with E-state index in [1.807, 2.05) is 20.8 Å². The van der Waals surface area contributed by atoms with E-state index in [0.717, 1.165) is 0 Å². The van der Waals surface area contributed by atoms with Crippen molar-refractivity contribution in [1.82, 2.24) is 0 Å². The van der Waals surface area contributed by atoms with Gasteiger partial charge in [-0.1, -0.05) is 22.9 Å². The molecule has 0 amide bonds. The largest absolute Gasteiger partial charge is 0.487 e. The molecule has 0 aliphatic heterocycles. The molecule has 1 rings (SSSR count). The second-order valence-electron chi connectivity index (χ2n) is 3.95. The Morgan fingerprint density at radius 3 is 2.47 bits per heavy atom. The molecule has 1 aromatic heterocycles. The second kappa shape index (κ2) is 4.41. The molecule has 0 saturated carbocycles. The van der Waals surface area contributed by atoms with Crippen LogP contribution in [0, 0.1) is 0 Å². The van der Waals surface area contributed by atoms with Crippen molar-refractivity contribution in [3.8, 4) is 5.06 Å². The first-order valence-electron chi connectivity index (χ1n) is 4.40. The molecule has 0 aliphatic rings. The van der Waals surface area contributed by atoms with Crippen LogP contribution in [-0.2, 0) is 4.74 Å². The zero-order valence-electron chi connectivity index (χ0n) is 9.09. The highest BCUT2D eigenvalue weighted by atomic mass is 35.5. The average molecular weight is 249 g/mol. The molecule has 0 saturated heterocycles. The van der Waals surface area contributed by atoms with E-state index < -0.39 is 11.6 Å². The molecule has 0 fully saturated rings. The molecule has 84 valence electrons. The van der Waals surface area contributed by atoms with Crippen LogP contribution in [0.5, 0.6) is 5.06 Å². The van der Waals surface area contributed by atoms with Gasteiger partial charge < -0.3 is 9.47 Å². The lowest BCUT2D eigenvalue weighted by molar-refractivity contribution is 0.00754. The normalized spacial score (nSPS) is 11.3. The molecule has 0 atom stereocenters. The first-order valence-corrected chi connectivity index (χ1v) is 5.59. The standard InChI is InChI=1S/C10H13ClO3S/c1-10(2,3)14-9(12)8-6(11)5-7(13-4)15-8/h5H,1-4H3. The number of ether oxygens (including phenoxy) is 2. The second-order valence-corrected chi connectivity index (χ2v) is 5.37. The first-order chi connectivity index (χ1) is 6.83. The van der Waals surface area contributed by atoms with Crippen LogP contribution in [0.2, 0.25) is 5.02 Å². The van der Waals surface area contributed by atoms with E-state index in [-0.39, 0.29) is 0 Å². The van der Waals surface area contributed by atoms with Gasteiger partial charge >= 0.3 is 5.97 Å². The number of hydrogen-bond donors (Lipinski definition) is 0. The maximum atomic E-state index is 11.7. The Balaban J connectivity index is 2.87. The Bertz CT molecular complexity index is 365. The van der Waals surface area contributed by atoms with Crippen molar-refractivity contribution in [2.75, 3.05) is 7.11 Å². The molecular weight excluding hydrogens is 236 g/mol. The van der Waals surface area contributed by atoms with Gasteiger partial charge in [-0.15, -0.1) is 0 Å². The summed E-state index contributed by atoms with van der Waals surface area (Å²) < 4.78 is 10.2. The summed E-state index contributed by atoms with van der Waals surface area (Å²) in [4.78, 5) is 12.0. The lowest BCUT2D eigenvalue weighted by Gasteiger charge is -2.18. The number of thiophene rings is 1. The van der Waals surface area contributed by atoms with Crippen LogP contribution in [0.25, 0.3) is 0 Å². The summed E-state index contributed by atoms with van der Waals surface area (Å²) >= 11 is 7.06. The number of carbonyl (C=O) groups is 1. The van der Waals surface area contributed by atoms with Crippen molar-refractivity contribution in [2.45, 2.75) is 26.4 Å². The number of rotatable bonds is 2. The SMILES string of the molecule is COc1cc(Cl)c(C(=O)OC(C)(C)C)s1. The summed E-state index contributed by atoms with van der Waals surface area (Å²) in [5, 5.41) is 0.965. The predicted molar refractivity (Wildman–Crippen MR) is 61.0 cm³/mol. The highest BCUT2D eigenvalue weighted by Gasteiger charge is 2.22. The van der Waals surface area contributed by atoms with Crippen molar-refractivity contribution in [3.05, 3.63) is 16.0 Å². The van der Waals surface area contributed by atoms with Gasteiger partial charge in [-0.05, 0) is 20.8 Å². The van der Waals surface area contributed by atoms with Crippen LogP contribution in [0.15, 0.2) is 6.07 Å². The maximum Gasteiger partial charge on any atom is 0.350 e. The summed E-state index contributed by atoms with van der Waals surface area (Å²) in [7, 11) is 1.53. The number of esters is 1. The Morgan fingerprint density at radius 1 is 1.47 bits per heavy atom. The van der Waals surface area contributed by atoms with Gasteiger partial charge in [0, 0.05) is 6.07 Å². The summed E-state index contributed by atoms with van der Waals surface area (Å²) in [6.45, 7) is 5.43. The Morgan fingerprint density at radius 2 is 2.07 bits per heavy atom. The van der Waals surface area contributed by atoms with E-state index in [1.54, 1.807) is 6.07 Å². The fourth-order valence-electron chi connectivity index (χ4n) is 0.912. The molecule has 1 heterocycles. The van der Waals surface area contributed by atoms with Crippen LogP contribution in [0.3, 0.4) is 0 Å². The molecule has 0 N–H and O–H groups in total. The van der Waals surface area contributed by atoms with Gasteiger partial charge in [0.2, 0.25) is 0 Å². The minimum atomic E-state index is -0.516. The lowest BCUT2D eigenvalue weighted by Crippen LogP contribution is -2.23. The van der Waals surface area contributed by atoms with E-state index >= 15 is 0 Å². The van der Waals surface area contributed by atoms with Crippen molar-refractivity contribution < 1.29 is 14.3 Å². The van der Waals surface area contributed by atoms with Crippen molar-refractivity contribution in [2.24, 2.45) is 0 Å². The molecule has 3 nitrogen and oxygen atoms in total. The zero-order chi connectivity index (χ0) is 11.6. The van der Waals surface area contributed by atoms with Crippen LogP contribution >= 0.6 is 22.9 Å². The van der Waals surface area contributed by atoms with Crippen molar-refractivity contribution >= 4 is 28.9 Å². The van der Waals surface area contributed by atoms with E-state index in [9.17, 15) is 4.79 Å². The van der Waals surface area contributed by atoms with E-state index in [0.29, 0.717) is 15.0 Å². The zero-order valence-corrected chi connectivity index (χ0v) is 10.7. The van der Waals surface area contributed by atoms with Gasteiger partial charge in [-0.25, -0.2) is 4.79 Å². The first kappa shape index (κ1) is 12.3. The Kier molecular flexibility index (Phi) is 3.62. The quantitative estimate of drug-likeness (QED) is 0.753. The maximum absolute atomic E-state index is 11.7. The van der Waals surface area contributed by atoms with Crippen LogP contribution in [-0.4, -0.2) is 18.7 Å². The van der Waals surface area contributed by atoms with Gasteiger partial charge in [0.15, 0.2) is 5.06 Å². The Labute approximate surface area is 98.0 Å². The molecule has 0 bridgehead atoms. The Hall–Kier alpha value is -0.740. The van der Waals surface area contributed by atoms with E-state index in [2.05, 4.69) is 0 Å². The smallest absolute Gasteiger partial charge is 0.350 e. The molecule has 1 aromatic rings. The van der Waals surface area contributed by atoms with Gasteiger partial charge in [-0.3, -0.25) is 0 Å². The van der Waals surface area contributed by atoms with E-state index in [4.69, 9.17) is 21.1 Å². The topological polar surface area (TPSA) is 35.5 Å². The third-order valence-corrected chi connectivity index (χ3v) is 2.94. The average Bonchev–Trinajstić information content (AvgIpc) is 2.43. The highest BCUT2D eigenvalue weighted by Crippen LogP contribution is 2.33. The van der Waals surface area contributed by atoms with Crippen LogP contribution < -0.4 is 4.74 Å². The highest BCUT2D eigenvalue weighted by molar-refractivity contribution is 7.16. The summed E-state index contributed by atoms with van der Waals surface area (Å²) in [6, 6.07) is 1.60. The van der Waals surface area contributed by atoms with Gasteiger partial charge in [-0.2, -0.15) is 0 Å². The summed E-state index contributed by atoms with van der Waals surface area (Å²) in [6.07, 6.45) is 0. The van der Waals surface area contributed by atoms with Crippen molar-refractivity contribution in [3.63, 3.8) is 0 Å². The van der Waals surface area contributed by atoms with Gasteiger partial charge in [0.25, 0.3) is 0 Å². The van der Waals surface area contributed by atoms with Crippen molar-refractivity contribution in [1.29, 1.82) is 0 Å². The molecule has 0 spiro atoms. The van der Waals surface area contributed by atoms with E-state index in [1.165, 1.54) is 18.4 Å². The molecule has 15 heavy (non-hydrogen) atoms. The number of methoxy groups -OCH3 is 1. The number of hydrogen-bond acceptors (Lipinski definition) is 4. The number of halogens is 1. The monoisotopic (exact) mass is 248 g/mol. The van der Waals surface area contributed by atoms with Gasteiger partial charge in [0.1, 0.15) is 10.5 Å². The van der Waals surface area contributed by atoms with Crippen LogP contribution in [0.1, 0.15) is 30.4 Å². The predicted octanol–water partition coefficient (Wildman–Crippen LogP) is 3.37. The minimum absolute atomic E-state index is 0.367. The molecular formula is C10H13ClO3S. The molecule has 0 aliphatic carbocycles. The molecule has 0 unspecified atom stereocenters.